The van der Waals surface area contributed by atoms with Crippen molar-refractivity contribution < 1.29 is 9.53 Å². The van der Waals surface area contributed by atoms with E-state index in [1.54, 1.807) is 0 Å². The predicted molar refractivity (Wildman–Crippen MR) is 132 cm³/mol. The number of nitrogens with one attached hydrogen (secondary N) is 1. The van der Waals surface area contributed by atoms with Crippen LogP contribution >= 0.6 is 11.6 Å². The number of amides is 1. The first-order valence-electron chi connectivity index (χ1n) is 12.0. The van der Waals surface area contributed by atoms with Gasteiger partial charge in [-0.15, -0.1) is 0 Å². The number of hydrogen-bond acceptors (Lipinski definition) is 3. The number of hydrogen-bond donors (Lipinski definition) is 1. The monoisotopic (exact) mass is 454 g/mol. The van der Waals surface area contributed by atoms with Crippen LogP contribution < -0.4 is 10.1 Å². The van der Waals surface area contributed by atoms with Gasteiger partial charge in [0, 0.05) is 30.3 Å². The lowest BCUT2D eigenvalue weighted by Crippen LogP contribution is -2.40. The highest BCUT2D eigenvalue weighted by Crippen LogP contribution is 2.44. The summed E-state index contributed by atoms with van der Waals surface area (Å²) in [4.78, 5) is 15.9. The van der Waals surface area contributed by atoms with Crippen LogP contribution in [0.25, 0.3) is 0 Å². The molecule has 2 atom stereocenters. The van der Waals surface area contributed by atoms with Gasteiger partial charge in [0.25, 0.3) is 0 Å². The molecule has 1 heterocycles. The van der Waals surface area contributed by atoms with Gasteiger partial charge >= 0.3 is 0 Å². The standard InChI is InChI=1S/C27H35ClN2O2/c1-20-17-21(2)19-30(18-20)15-16-32-23-11-9-22(10-12-23)29-26(31)27(13-5-6-14-27)24-7-3-4-8-25(24)28/h3-4,7-12,20-21H,5-6,13-19H2,1-2H3,(H,29,31). The molecule has 5 heteroatoms. The number of carbonyl (C=O) groups excluding carboxylic acids is 1. The van der Waals surface area contributed by atoms with Crippen LogP contribution in [-0.2, 0) is 10.2 Å². The smallest absolute Gasteiger partial charge is 0.235 e. The molecule has 1 aliphatic heterocycles. The maximum absolute atomic E-state index is 13.4. The minimum atomic E-state index is -0.545. The molecular weight excluding hydrogens is 420 g/mol. The van der Waals surface area contributed by atoms with Gasteiger partial charge in [0.15, 0.2) is 0 Å². The molecule has 0 radical (unpaired) electrons. The quantitative estimate of drug-likeness (QED) is 0.545. The second-order valence-electron chi connectivity index (χ2n) is 9.80. The van der Waals surface area contributed by atoms with E-state index in [1.165, 1.54) is 6.42 Å². The molecule has 2 aromatic rings. The lowest BCUT2D eigenvalue weighted by atomic mass is 9.78. The molecule has 0 spiro atoms. The molecular formula is C27H35ClN2O2. The van der Waals surface area contributed by atoms with Crippen LogP contribution in [0.15, 0.2) is 48.5 Å². The highest BCUT2D eigenvalue weighted by Gasteiger charge is 2.43. The molecule has 32 heavy (non-hydrogen) atoms. The molecule has 4 rings (SSSR count). The normalized spacial score (nSPS) is 23.1. The molecule has 1 aliphatic carbocycles. The highest BCUT2D eigenvalue weighted by molar-refractivity contribution is 6.31. The van der Waals surface area contributed by atoms with Gasteiger partial charge in [0.1, 0.15) is 12.4 Å². The van der Waals surface area contributed by atoms with Crippen LogP contribution in [0.3, 0.4) is 0 Å². The summed E-state index contributed by atoms with van der Waals surface area (Å²) in [6, 6.07) is 15.5. The van der Waals surface area contributed by atoms with Crippen LogP contribution in [0.5, 0.6) is 5.75 Å². The average Bonchev–Trinajstić information content (AvgIpc) is 3.26. The molecule has 1 saturated heterocycles. The van der Waals surface area contributed by atoms with E-state index in [-0.39, 0.29) is 5.91 Å². The number of piperidine rings is 1. The van der Waals surface area contributed by atoms with Crippen molar-refractivity contribution in [3.05, 3.63) is 59.1 Å². The number of ether oxygens (including phenoxy) is 1. The van der Waals surface area contributed by atoms with Gasteiger partial charge < -0.3 is 10.1 Å². The van der Waals surface area contributed by atoms with Crippen molar-refractivity contribution >= 4 is 23.2 Å². The molecule has 2 fully saturated rings. The summed E-state index contributed by atoms with van der Waals surface area (Å²) in [5.74, 6) is 2.39. The average molecular weight is 455 g/mol. The Morgan fingerprint density at radius 3 is 2.38 bits per heavy atom. The van der Waals surface area contributed by atoms with Gasteiger partial charge in [-0.1, -0.05) is 56.5 Å². The van der Waals surface area contributed by atoms with Gasteiger partial charge in [-0.05, 0) is 67.0 Å². The Hall–Kier alpha value is -2.04. The topological polar surface area (TPSA) is 41.6 Å². The van der Waals surface area contributed by atoms with Crippen molar-refractivity contribution in [2.45, 2.75) is 51.4 Å². The number of benzene rings is 2. The van der Waals surface area contributed by atoms with Gasteiger partial charge in [-0.2, -0.15) is 0 Å². The Bertz CT molecular complexity index is 898. The fourth-order valence-electron chi connectivity index (χ4n) is 5.60. The summed E-state index contributed by atoms with van der Waals surface area (Å²) >= 11 is 6.48. The van der Waals surface area contributed by atoms with Crippen LogP contribution in [0.2, 0.25) is 5.02 Å². The minimum Gasteiger partial charge on any atom is -0.492 e. The third kappa shape index (κ3) is 5.29. The van der Waals surface area contributed by atoms with E-state index in [0.717, 1.165) is 74.2 Å². The second kappa shape index (κ2) is 10.3. The molecule has 1 N–H and O–H groups in total. The molecule has 0 aromatic heterocycles. The summed E-state index contributed by atoms with van der Waals surface area (Å²) in [5.41, 5.74) is 1.19. The summed E-state index contributed by atoms with van der Waals surface area (Å²) in [6.07, 6.45) is 5.07. The first-order valence-corrected chi connectivity index (χ1v) is 12.4. The first-order chi connectivity index (χ1) is 15.5. The van der Waals surface area contributed by atoms with Crippen LogP contribution in [0.4, 0.5) is 5.69 Å². The van der Waals surface area contributed by atoms with E-state index in [0.29, 0.717) is 11.6 Å². The third-order valence-electron chi connectivity index (χ3n) is 7.01. The maximum Gasteiger partial charge on any atom is 0.235 e. The third-order valence-corrected chi connectivity index (χ3v) is 7.34. The Balaban J connectivity index is 1.34. The van der Waals surface area contributed by atoms with E-state index < -0.39 is 5.41 Å². The number of carbonyl (C=O) groups is 1. The summed E-state index contributed by atoms with van der Waals surface area (Å²) in [6.45, 7) is 8.61. The lowest BCUT2D eigenvalue weighted by Gasteiger charge is -2.34. The lowest BCUT2D eigenvalue weighted by molar-refractivity contribution is -0.121. The Kier molecular flexibility index (Phi) is 7.42. The molecule has 172 valence electrons. The van der Waals surface area contributed by atoms with Crippen molar-refractivity contribution in [2.24, 2.45) is 11.8 Å². The zero-order chi connectivity index (χ0) is 22.6. The van der Waals surface area contributed by atoms with Crippen LogP contribution in [0, 0.1) is 11.8 Å². The zero-order valence-corrected chi connectivity index (χ0v) is 20.0. The maximum atomic E-state index is 13.4. The largest absolute Gasteiger partial charge is 0.492 e. The Morgan fingerprint density at radius 2 is 1.72 bits per heavy atom. The van der Waals surface area contributed by atoms with Crippen LogP contribution in [0.1, 0.15) is 51.5 Å². The Labute approximate surface area is 197 Å². The SMILES string of the molecule is CC1CC(C)CN(CCOc2ccc(NC(=O)C3(c4ccccc4Cl)CCCC3)cc2)C1. The fourth-order valence-corrected chi connectivity index (χ4v) is 5.92. The second-order valence-corrected chi connectivity index (χ2v) is 10.2. The van der Waals surface area contributed by atoms with Crippen molar-refractivity contribution in [3.63, 3.8) is 0 Å². The Morgan fingerprint density at radius 1 is 1.06 bits per heavy atom. The zero-order valence-electron chi connectivity index (χ0n) is 19.3. The highest BCUT2D eigenvalue weighted by atomic mass is 35.5. The first kappa shape index (κ1) is 23.1. The van der Waals surface area contributed by atoms with E-state index in [4.69, 9.17) is 16.3 Å². The molecule has 2 aliphatic rings. The molecule has 2 aromatic carbocycles. The van der Waals surface area contributed by atoms with Gasteiger partial charge in [0.05, 0.1) is 5.41 Å². The molecule has 2 unspecified atom stereocenters. The van der Waals surface area contributed by atoms with Crippen LogP contribution in [-0.4, -0.2) is 37.0 Å². The van der Waals surface area contributed by atoms with Crippen molar-refractivity contribution in [3.8, 4) is 5.75 Å². The fraction of sp³-hybridized carbons (Fsp3) is 0.519. The number of halogens is 1. The minimum absolute atomic E-state index is 0.0325. The van der Waals surface area contributed by atoms with Gasteiger partial charge in [-0.25, -0.2) is 0 Å². The van der Waals surface area contributed by atoms with E-state index in [9.17, 15) is 4.79 Å². The van der Waals surface area contributed by atoms with Gasteiger partial charge in [0.2, 0.25) is 5.91 Å². The number of likely N-dealkylation sites (tertiary alicyclic amines) is 1. The molecule has 4 nitrogen and oxygen atoms in total. The van der Waals surface area contributed by atoms with Gasteiger partial charge in [-0.3, -0.25) is 9.69 Å². The number of anilines is 1. The van der Waals surface area contributed by atoms with Crippen molar-refractivity contribution in [1.29, 1.82) is 0 Å². The van der Waals surface area contributed by atoms with Crippen molar-refractivity contribution in [1.82, 2.24) is 4.90 Å². The van der Waals surface area contributed by atoms with E-state index >= 15 is 0 Å². The summed E-state index contributed by atoms with van der Waals surface area (Å²) < 4.78 is 5.97. The summed E-state index contributed by atoms with van der Waals surface area (Å²) in [7, 11) is 0. The molecule has 1 amide bonds. The van der Waals surface area contributed by atoms with E-state index in [2.05, 4.69) is 24.1 Å². The number of nitrogens with zero attached hydrogens (tertiary/aromatic N) is 1. The molecule has 1 saturated carbocycles. The number of rotatable bonds is 7. The molecule has 0 bridgehead atoms. The van der Waals surface area contributed by atoms with Crippen molar-refractivity contribution in [2.75, 3.05) is 31.6 Å². The summed E-state index contributed by atoms with van der Waals surface area (Å²) in [5, 5.41) is 3.81. The van der Waals surface area contributed by atoms with E-state index in [1.807, 2.05) is 48.5 Å². The predicted octanol–water partition coefficient (Wildman–Crippen LogP) is 6.15.